The molecule has 0 bridgehead atoms. The molecule has 0 saturated carbocycles. The minimum atomic E-state index is -0.901. The summed E-state index contributed by atoms with van der Waals surface area (Å²) in [6, 6.07) is 4.12. The Morgan fingerprint density at radius 1 is 1.21 bits per heavy atom. The number of rotatable bonds is 3. The van der Waals surface area contributed by atoms with Gasteiger partial charge in [0.05, 0.1) is 5.92 Å². The fourth-order valence-electron chi connectivity index (χ4n) is 3.49. The molecule has 24 heavy (non-hydrogen) atoms. The van der Waals surface area contributed by atoms with Crippen molar-refractivity contribution in [1.29, 1.82) is 0 Å². The number of likely N-dealkylation sites (tertiary alicyclic amines) is 1. The van der Waals surface area contributed by atoms with Crippen LogP contribution in [-0.4, -0.2) is 61.0 Å². The zero-order valence-corrected chi connectivity index (χ0v) is 14.6. The number of benzene rings is 1. The summed E-state index contributed by atoms with van der Waals surface area (Å²) in [7, 11) is 0. The molecule has 0 radical (unpaired) electrons. The van der Waals surface area contributed by atoms with Crippen molar-refractivity contribution in [2.24, 2.45) is 0 Å². The summed E-state index contributed by atoms with van der Waals surface area (Å²) in [5.74, 6) is -2.24. The first-order valence-electron chi connectivity index (χ1n) is 8.25. The first kappa shape index (κ1) is 19.1. The Morgan fingerprint density at radius 3 is 2.58 bits per heavy atom. The van der Waals surface area contributed by atoms with E-state index in [9.17, 15) is 13.6 Å². The third-order valence-corrected chi connectivity index (χ3v) is 4.96. The lowest BCUT2D eigenvalue weighted by molar-refractivity contribution is -0.131. The number of hydrogen-bond donors (Lipinski definition) is 1. The van der Waals surface area contributed by atoms with Gasteiger partial charge in [0.2, 0.25) is 5.91 Å². The molecule has 0 aromatic heterocycles. The molecular formula is C17H24ClF2N3O. The molecule has 7 heteroatoms. The lowest BCUT2D eigenvalue weighted by Crippen LogP contribution is -2.49. The normalized spacial score (nSPS) is 23.0. The Bertz CT molecular complexity index is 581. The van der Waals surface area contributed by atoms with Gasteiger partial charge >= 0.3 is 0 Å². The van der Waals surface area contributed by atoms with Crippen LogP contribution in [0.5, 0.6) is 0 Å². The van der Waals surface area contributed by atoms with Crippen molar-refractivity contribution in [3.63, 3.8) is 0 Å². The predicted octanol–water partition coefficient (Wildman–Crippen LogP) is 2.00. The van der Waals surface area contributed by atoms with Gasteiger partial charge in [-0.1, -0.05) is 6.07 Å². The molecule has 2 saturated heterocycles. The fourth-order valence-corrected chi connectivity index (χ4v) is 3.49. The minimum Gasteiger partial charge on any atom is -0.341 e. The van der Waals surface area contributed by atoms with E-state index in [4.69, 9.17) is 0 Å². The molecule has 134 valence electrons. The van der Waals surface area contributed by atoms with E-state index in [0.29, 0.717) is 11.6 Å². The number of halogens is 3. The third-order valence-electron chi connectivity index (χ3n) is 4.96. The van der Waals surface area contributed by atoms with Gasteiger partial charge in [0.1, 0.15) is 0 Å². The fraction of sp³-hybridized carbons (Fsp3) is 0.588. The van der Waals surface area contributed by atoms with Crippen molar-refractivity contribution in [1.82, 2.24) is 15.1 Å². The molecule has 2 aliphatic rings. The summed E-state index contributed by atoms with van der Waals surface area (Å²) in [5, 5.41) is 3.33. The van der Waals surface area contributed by atoms with Crippen LogP contribution in [0.3, 0.4) is 0 Å². The van der Waals surface area contributed by atoms with E-state index in [1.165, 1.54) is 6.07 Å². The molecule has 3 rings (SSSR count). The molecule has 1 aromatic rings. The van der Waals surface area contributed by atoms with E-state index < -0.39 is 17.6 Å². The molecule has 2 unspecified atom stereocenters. The summed E-state index contributed by atoms with van der Waals surface area (Å²) in [6.07, 6.45) is 0.982. The van der Waals surface area contributed by atoms with Crippen LogP contribution in [0.2, 0.25) is 0 Å². The standard InChI is InChI=1S/C17H23F2N3O.ClH/c1-12(13-2-3-15(18)16(19)10-13)17(23)22-7-4-14(11-22)21-8-5-20-6-9-21;/h2-3,10,12,14,20H,4-9,11H2,1H3;1H. The van der Waals surface area contributed by atoms with Crippen LogP contribution in [0.4, 0.5) is 8.78 Å². The molecule has 2 fully saturated rings. The zero-order valence-electron chi connectivity index (χ0n) is 13.8. The highest BCUT2D eigenvalue weighted by Gasteiger charge is 2.33. The summed E-state index contributed by atoms with van der Waals surface area (Å²) in [5.41, 5.74) is 0.527. The van der Waals surface area contributed by atoms with E-state index in [-0.39, 0.29) is 18.3 Å². The number of hydrogen-bond acceptors (Lipinski definition) is 3. The van der Waals surface area contributed by atoms with Crippen LogP contribution >= 0.6 is 12.4 Å². The average molecular weight is 360 g/mol. The number of carbonyl (C=O) groups excluding carboxylic acids is 1. The number of amides is 1. The van der Waals surface area contributed by atoms with Gasteiger partial charge in [-0.3, -0.25) is 9.69 Å². The average Bonchev–Trinajstić information content (AvgIpc) is 3.07. The summed E-state index contributed by atoms with van der Waals surface area (Å²) in [6.45, 7) is 7.25. The Morgan fingerprint density at radius 2 is 1.92 bits per heavy atom. The summed E-state index contributed by atoms with van der Waals surface area (Å²) < 4.78 is 26.4. The van der Waals surface area contributed by atoms with E-state index in [0.717, 1.165) is 57.8 Å². The first-order valence-corrected chi connectivity index (χ1v) is 8.25. The van der Waals surface area contributed by atoms with Gasteiger partial charge in [-0.25, -0.2) is 8.78 Å². The van der Waals surface area contributed by atoms with Crippen LogP contribution in [0, 0.1) is 11.6 Å². The summed E-state index contributed by atoms with van der Waals surface area (Å²) >= 11 is 0. The van der Waals surface area contributed by atoms with Crippen LogP contribution < -0.4 is 5.32 Å². The predicted molar refractivity (Wildman–Crippen MR) is 91.4 cm³/mol. The van der Waals surface area contributed by atoms with Gasteiger partial charge < -0.3 is 10.2 Å². The maximum Gasteiger partial charge on any atom is 0.229 e. The summed E-state index contributed by atoms with van der Waals surface area (Å²) in [4.78, 5) is 16.9. The van der Waals surface area contributed by atoms with Crippen LogP contribution in [0.1, 0.15) is 24.8 Å². The molecule has 2 atom stereocenters. The first-order chi connectivity index (χ1) is 11.1. The smallest absolute Gasteiger partial charge is 0.229 e. The molecule has 0 aliphatic carbocycles. The highest BCUT2D eigenvalue weighted by Crippen LogP contribution is 2.24. The van der Waals surface area contributed by atoms with Crippen molar-refractivity contribution < 1.29 is 13.6 Å². The molecule has 1 amide bonds. The Labute approximate surface area is 147 Å². The quantitative estimate of drug-likeness (QED) is 0.896. The lowest BCUT2D eigenvalue weighted by atomic mass is 9.99. The van der Waals surface area contributed by atoms with Crippen molar-refractivity contribution in [3.05, 3.63) is 35.4 Å². The largest absolute Gasteiger partial charge is 0.341 e. The van der Waals surface area contributed by atoms with E-state index in [1.54, 1.807) is 6.92 Å². The van der Waals surface area contributed by atoms with Crippen molar-refractivity contribution in [2.45, 2.75) is 25.3 Å². The van der Waals surface area contributed by atoms with Gasteiger partial charge in [0, 0.05) is 45.3 Å². The molecule has 4 nitrogen and oxygen atoms in total. The number of piperazine rings is 1. The maximum absolute atomic E-state index is 13.4. The Hall–Kier alpha value is -1.24. The van der Waals surface area contributed by atoms with Gasteiger partial charge in [0.15, 0.2) is 11.6 Å². The van der Waals surface area contributed by atoms with Gasteiger partial charge in [0.25, 0.3) is 0 Å². The number of nitrogens with zero attached hydrogens (tertiary/aromatic N) is 2. The number of nitrogens with one attached hydrogen (secondary N) is 1. The molecular weight excluding hydrogens is 336 g/mol. The van der Waals surface area contributed by atoms with Gasteiger partial charge in [-0.15, -0.1) is 12.4 Å². The second-order valence-electron chi connectivity index (χ2n) is 6.41. The van der Waals surface area contributed by atoms with Crippen LogP contribution in [0.25, 0.3) is 0 Å². The molecule has 1 aromatic carbocycles. The Balaban J connectivity index is 0.00000208. The van der Waals surface area contributed by atoms with Gasteiger partial charge in [-0.2, -0.15) is 0 Å². The van der Waals surface area contributed by atoms with Crippen molar-refractivity contribution in [3.8, 4) is 0 Å². The molecule has 0 spiro atoms. The van der Waals surface area contributed by atoms with E-state index in [2.05, 4.69) is 10.2 Å². The van der Waals surface area contributed by atoms with Crippen molar-refractivity contribution in [2.75, 3.05) is 39.3 Å². The van der Waals surface area contributed by atoms with Gasteiger partial charge in [-0.05, 0) is 31.0 Å². The Kier molecular flexibility index (Phi) is 6.54. The van der Waals surface area contributed by atoms with E-state index in [1.807, 2.05) is 4.90 Å². The van der Waals surface area contributed by atoms with Crippen molar-refractivity contribution >= 4 is 18.3 Å². The molecule has 1 N–H and O–H groups in total. The maximum atomic E-state index is 13.4. The SMILES string of the molecule is CC(C(=O)N1CCC(N2CCNCC2)C1)c1ccc(F)c(F)c1.Cl. The second kappa shape index (κ2) is 8.23. The van der Waals surface area contributed by atoms with Crippen LogP contribution in [0.15, 0.2) is 18.2 Å². The second-order valence-corrected chi connectivity index (χ2v) is 6.41. The third kappa shape index (κ3) is 4.05. The topological polar surface area (TPSA) is 35.6 Å². The molecule has 2 aliphatic heterocycles. The minimum absolute atomic E-state index is 0. The zero-order chi connectivity index (χ0) is 16.4. The number of carbonyl (C=O) groups is 1. The lowest BCUT2D eigenvalue weighted by Gasteiger charge is -2.32. The van der Waals surface area contributed by atoms with Crippen LogP contribution in [-0.2, 0) is 4.79 Å². The monoisotopic (exact) mass is 359 g/mol. The highest BCUT2D eigenvalue weighted by atomic mass is 35.5. The highest BCUT2D eigenvalue weighted by molar-refractivity contribution is 5.85. The molecule has 2 heterocycles. The van der Waals surface area contributed by atoms with E-state index >= 15 is 0 Å².